The van der Waals surface area contributed by atoms with Crippen molar-refractivity contribution in [3.63, 3.8) is 0 Å². The van der Waals surface area contributed by atoms with Crippen molar-refractivity contribution in [2.24, 2.45) is 0 Å². The molecule has 0 amide bonds. The van der Waals surface area contributed by atoms with Gasteiger partial charge in [0, 0.05) is 49.7 Å². The van der Waals surface area contributed by atoms with Gasteiger partial charge in [-0.25, -0.2) is 4.98 Å². The quantitative estimate of drug-likeness (QED) is 0.679. The molecule has 1 aliphatic heterocycles. The first kappa shape index (κ1) is 18.6. The Kier molecular flexibility index (Phi) is 5.62. The van der Waals surface area contributed by atoms with Crippen molar-refractivity contribution in [2.45, 2.75) is 38.3 Å². The fourth-order valence-electron chi connectivity index (χ4n) is 3.51. The molecular weight excluding hydrogens is 358 g/mol. The molecular formula is C21H25N3O4. The van der Waals surface area contributed by atoms with Crippen LogP contribution in [-0.2, 0) is 17.7 Å². The molecule has 0 radical (unpaired) electrons. The van der Waals surface area contributed by atoms with Gasteiger partial charge < -0.3 is 23.8 Å². The van der Waals surface area contributed by atoms with Gasteiger partial charge in [-0.2, -0.15) is 0 Å². The van der Waals surface area contributed by atoms with Crippen LogP contribution in [0.3, 0.4) is 0 Å². The topological polar surface area (TPSA) is 78.4 Å². The van der Waals surface area contributed by atoms with E-state index >= 15 is 0 Å². The third kappa shape index (κ3) is 4.36. The van der Waals surface area contributed by atoms with Crippen molar-refractivity contribution in [3.8, 4) is 11.8 Å². The number of nitrogens with one attached hydrogen (secondary N) is 1. The van der Waals surface area contributed by atoms with E-state index in [1.54, 1.807) is 13.2 Å². The average molecular weight is 383 g/mol. The lowest BCUT2D eigenvalue weighted by Gasteiger charge is -2.22. The van der Waals surface area contributed by atoms with Crippen molar-refractivity contribution < 1.29 is 14.2 Å². The van der Waals surface area contributed by atoms with E-state index in [-0.39, 0.29) is 11.5 Å². The van der Waals surface area contributed by atoms with Crippen molar-refractivity contribution in [1.29, 1.82) is 0 Å². The zero-order chi connectivity index (χ0) is 19.3. The molecule has 1 atom stereocenters. The van der Waals surface area contributed by atoms with Crippen LogP contribution >= 0.6 is 0 Å². The molecule has 1 fully saturated rings. The summed E-state index contributed by atoms with van der Waals surface area (Å²) < 4.78 is 18.8. The van der Waals surface area contributed by atoms with E-state index in [0.29, 0.717) is 24.8 Å². The summed E-state index contributed by atoms with van der Waals surface area (Å²) >= 11 is 0. The molecule has 7 heteroatoms. The van der Waals surface area contributed by atoms with E-state index in [0.717, 1.165) is 49.1 Å². The van der Waals surface area contributed by atoms with Crippen LogP contribution in [0.25, 0.3) is 11.0 Å². The minimum Gasteiger partial charge on any atom is -0.481 e. The van der Waals surface area contributed by atoms with Gasteiger partial charge in [-0.05, 0) is 31.4 Å². The van der Waals surface area contributed by atoms with Crippen LogP contribution < -0.4 is 14.9 Å². The molecule has 1 N–H and O–H groups in total. The lowest BCUT2D eigenvalue weighted by molar-refractivity contribution is -0.0120. The highest BCUT2D eigenvalue weighted by molar-refractivity contribution is 5.76. The maximum absolute atomic E-state index is 12.0. The first-order valence-corrected chi connectivity index (χ1v) is 9.69. The Morgan fingerprint density at radius 2 is 2.21 bits per heavy atom. The first-order chi connectivity index (χ1) is 13.7. The predicted molar refractivity (Wildman–Crippen MR) is 106 cm³/mol. The number of rotatable bonds is 7. The summed E-state index contributed by atoms with van der Waals surface area (Å²) in [5.41, 5.74) is 2.70. The van der Waals surface area contributed by atoms with Crippen LogP contribution in [-0.4, -0.2) is 41.0 Å². The number of aromatic nitrogens is 3. The number of hydrogen-bond donors (Lipinski definition) is 1. The third-order valence-electron chi connectivity index (χ3n) is 5.00. The number of aromatic amines is 1. The molecule has 1 saturated heterocycles. The molecule has 1 aliphatic rings. The second kappa shape index (κ2) is 8.48. The molecule has 0 aliphatic carbocycles. The Labute approximate surface area is 163 Å². The molecule has 1 unspecified atom stereocenters. The number of nitrogens with zero attached hydrogens (tertiary/aromatic N) is 2. The van der Waals surface area contributed by atoms with Gasteiger partial charge in [-0.3, -0.25) is 4.79 Å². The first-order valence-electron chi connectivity index (χ1n) is 9.69. The molecule has 0 bridgehead atoms. The Morgan fingerprint density at radius 1 is 1.29 bits per heavy atom. The lowest BCUT2D eigenvalue weighted by atomic mass is 10.1. The number of H-pyrrole nitrogens is 1. The van der Waals surface area contributed by atoms with Gasteiger partial charge >= 0.3 is 0 Å². The Bertz CT molecular complexity index is 989. The Morgan fingerprint density at radius 3 is 3.04 bits per heavy atom. The lowest BCUT2D eigenvalue weighted by Crippen LogP contribution is -2.26. The van der Waals surface area contributed by atoms with E-state index in [9.17, 15) is 4.79 Å². The van der Waals surface area contributed by atoms with E-state index in [4.69, 9.17) is 14.2 Å². The van der Waals surface area contributed by atoms with Crippen LogP contribution in [0.15, 0.2) is 41.3 Å². The highest BCUT2D eigenvalue weighted by Gasteiger charge is 2.15. The molecule has 148 valence electrons. The van der Waals surface area contributed by atoms with Crippen LogP contribution in [0.4, 0.5) is 0 Å². The fourth-order valence-corrected chi connectivity index (χ4v) is 3.51. The fraction of sp³-hybridized carbons (Fsp3) is 0.429. The number of hydrogen-bond acceptors (Lipinski definition) is 5. The summed E-state index contributed by atoms with van der Waals surface area (Å²) in [5, 5.41) is 0. The van der Waals surface area contributed by atoms with Gasteiger partial charge in [0.1, 0.15) is 6.61 Å². The van der Waals surface area contributed by atoms with Gasteiger partial charge in [0.05, 0.1) is 24.2 Å². The van der Waals surface area contributed by atoms with Crippen molar-refractivity contribution in [3.05, 3.63) is 52.4 Å². The number of fused-ring (bicyclic) bond motifs is 1. The van der Waals surface area contributed by atoms with Crippen LogP contribution in [0, 0.1) is 0 Å². The van der Waals surface area contributed by atoms with Crippen LogP contribution in [0.1, 0.15) is 25.0 Å². The monoisotopic (exact) mass is 383 g/mol. The zero-order valence-electron chi connectivity index (χ0n) is 16.0. The van der Waals surface area contributed by atoms with Crippen LogP contribution in [0.2, 0.25) is 0 Å². The van der Waals surface area contributed by atoms with E-state index in [1.165, 1.54) is 6.07 Å². The molecule has 3 aromatic heterocycles. The van der Waals surface area contributed by atoms with Gasteiger partial charge in [0.2, 0.25) is 5.88 Å². The van der Waals surface area contributed by atoms with Gasteiger partial charge in [-0.1, -0.05) is 0 Å². The normalized spacial score (nSPS) is 17.0. The summed E-state index contributed by atoms with van der Waals surface area (Å²) in [7, 11) is 1.61. The summed E-state index contributed by atoms with van der Waals surface area (Å²) in [6.07, 6.45) is 6.06. The smallest absolute Gasteiger partial charge is 0.213 e. The molecule has 0 spiro atoms. The number of aryl methyl sites for hydroxylation is 2. The summed E-state index contributed by atoms with van der Waals surface area (Å²) in [5.74, 6) is 1.10. The summed E-state index contributed by atoms with van der Waals surface area (Å²) in [6.45, 7) is 1.98. The standard InChI is InChI=1S/C21H25N3O4/c1-26-20-6-5-19-18(23-20)8-10-24(19)9-7-15-12-16(25)13-21(22-15)28-14-17-4-2-3-11-27-17/h5-6,8,10,12-13,17H,2-4,7,9,11,14H2,1H3,(H,22,25). The van der Waals surface area contributed by atoms with E-state index in [2.05, 4.69) is 14.5 Å². The molecule has 4 heterocycles. The number of ether oxygens (including phenoxy) is 3. The predicted octanol–water partition coefficient (Wildman–Crippen LogP) is 2.92. The van der Waals surface area contributed by atoms with Crippen molar-refractivity contribution >= 4 is 11.0 Å². The highest BCUT2D eigenvalue weighted by Crippen LogP contribution is 2.18. The largest absolute Gasteiger partial charge is 0.481 e. The second-order valence-corrected chi connectivity index (χ2v) is 7.02. The minimum atomic E-state index is -0.0583. The Hall–Kier alpha value is -2.80. The Balaban J connectivity index is 1.42. The van der Waals surface area contributed by atoms with Crippen molar-refractivity contribution in [2.75, 3.05) is 20.3 Å². The SMILES string of the molecule is COc1ccc2c(ccn2CCc2cc(=O)cc(OCC3CCCCO3)[nH]2)n1. The van der Waals surface area contributed by atoms with Gasteiger partial charge in [-0.15, -0.1) is 0 Å². The third-order valence-corrected chi connectivity index (χ3v) is 5.00. The molecule has 0 aromatic carbocycles. The zero-order valence-corrected chi connectivity index (χ0v) is 16.0. The highest BCUT2D eigenvalue weighted by atomic mass is 16.5. The maximum atomic E-state index is 12.0. The minimum absolute atomic E-state index is 0.0583. The van der Waals surface area contributed by atoms with E-state index in [1.807, 2.05) is 24.4 Å². The van der Waals surface area contributed by atoms with Gasteiger partial charge in [0.25, 0.3) is 0 Å². The molecule has 4 rings (SSSR count). The molecule has 0 saturated carbocycles. The molecule has 3 aromatic rings. The molecule has 7 nitrogen and oxygen atoms in total. The average Bonchev–Trinajstić information content (AvgIpc) is 3.13. The number of pyridine rings is 2. The van der Waals surface area contributed by atoms with Crippen LogP contribution in [0.5, 0.6) is 11.8 Å². The van der Waals surface area contributed by atoms with Crippen molar-refractivity contribution in [1.82, 2.24) is 14.5 Å². The molecule has 28 heavy (non-hydrogen) atoms. The van der Waals surface area contributed by atoms with Gasteiger partial charge in [0.15, 0.2) is 11.3 Å². The maximum Gasteiger partial charge on any atom is 0.213 e. The second-order valence-electron chi connectivity index (χ2n) is 7.02. The van der Waals surface area contributed by atoms with E-state index < -0.39 is 0 Å². The summed E-state index contributed by atoms with van der Waals surface area (Å²) in [4.78, 5) is 19.7. The number of methoxy groups -OCH3 is 1. The summed E-state index contributed by atoms with van der Waals surface area (Å²) in [6, 6.07) is 8.92.